The molecule has 0 radical (unpaired) electrons. The molecule has 1 aromatic rings. The van der Waals surface area contributed by atoms with Crippen molar-refractivity contribution in [2.75, 3.05) is 0 Å². The minimum atomic E-state index is 0.757. The third-order valence-corrected chi connectivity index (χ3v) is 3.75. The number of halogens is 1. The van der Waals surface area contributed by atoms with Gasteiger partial charge in [0.1, 0.15) is 0 Å². The summed E-state index contributed by atoms with van der Waals surface area (Å²) in [7, 11) is 0. The van der Waals surface area contributed by atoms with Crippen molar-refractivity contribution >= 4 is 22.6 Å². The molecule has 1 aliphatic rings. The largest absolute Gasteiger partial charge is 0.310 e. The highest BCUT2D eigenvalue weighted by molar-refractivity contribution is 14.1. The van der Waals surface area contributed by atoms with Gasteiger partial charge >= 0.3 is 0 Å². The second-order valence-corrected chi connectivity index (χ2v) is 5.42. The van der Waals surface area contributed by atoms with Crippen LogP contribution in [0.25, 0.3) is 0 Å². The molecule has 0 amide bonds. The Labute approximate surface area is 99.4 Å². The van der Waals surface area contributed by atoms with Crippen LogP contribution >= 0.6 is 22.6 Å². The lowest BCUT2D eigenvalue weighted by Crippen LogP contribution is -2.41. The van der Waals surface area contributed by atoms with Crippen LogP contribution in [-0.2, 0) is 6.54 Å². The molecule has 1 fully saturated rings. The van der Waals surface area contributed by atoms with Gasteiger partial charge in [0.05, 0.1) is 0 Å². The minimum Gasteiger partial charge on any atom is -0.310 e. The Kier molecular flexibility index (Phi) is 3.44. The summed E-state index contributed by atoms with van der Waals surface area (Å²) in [6, 6.07) is 9.46. The van der Waals surface area contributed by atoms with Crippen molar-refractivity contribution in [1.29, 1.82) is 0 Å². The summed E-state index contributed by atoms with van der Waals surface area (Å²) >= 11 is 2.36. The third-order valence-electron chi connectivity index (χ3n) is 3.08. The van der Waals surface area contributed by atoms with E-state index in [-0.39, 0.29) is 0 Å². The predicted octanol–water partition coefficient (Wildman–Crippen LogP) is 3.18. The molecule has 0 saturated heterocycles. The smallest absolute Gasteiger partial charge is 0.0208 e. The van der Waals surface area contributed by atoms with E-state index in [0.29, 0.717) is 0 Å². The average molecular weight is 301 g/mol. The highest BCUT2D eigenvalue weighted by Gasteiger charge is 2.25. The number of nitrogens with one attached hydrogen (secondary N) is 1. The number of hydrogen-bond acceptors (Lipinski definition) is 1. The first-order valence-corrected chi connectivity index (χ1v) is 6.31. The highest BCUT2D eigenvalue weighted by atomic mass is 127. The number of hydrogen-bond donors (Lipinski definition) is 1. The zero-order valence-electron chi connectivity index (χ0n) is 8.46. The molecule has 0 aromatic heterocycles. The van der Waals surface area contributed by atoms with Gasteiger partial charge in [-0.15, -0.1) is 0 Å². The molecular formula is C12H16IN. The summed E-state index contributed by atoms with van der Waals surface area (Å²) < 4.78 is 1.32. The Balaban J connectivity index is 1.85. The fraction of sp³-hybridized carbons (Fsp3) is 0.500. The zero-order valence-corrected chi connectivity index (χ0v) is 10.6. The lowest BCUT2D eigenvalue weighted by Gasteiger charge is -2.34. The van der Waals surface area contributed by atoms with Crippen LogP contribution in [0.5, 0.6) is 0 Å². The molecule has 0 spiro atoms. The average Bonchev–Trinajstić information content (AvgIpc) is 2.16. The molecule has 2 atom stereocenters. The molecule has 0 heterocycles. The van der Waals surface area contributed by atoms with Gasteiger partial charge in [-0.05, 0) is 59.0 Å². The van der Waals surface area contributed by atoms with E-state index in [4.69, 9.17) is 0 Å². The van der Waals surface area contributed by atoms with Crippen molar-refractivity contribution in [2.45, 2.75) is 32.4 Å². The quantitative estimate of drug-likeness (QED) is 0.846. The third kappa shape index (κ3) is 2.48. The fourth-order valence-corrected chi connectivity index (χ4v) is 2.47. The van der Waals surface area contributed by atoms with Gasteiger partial charge in [0.2, 0.25) is 0 Å². The molecular weight excluding hydrogens is 285 g/mol. The van der Waals surface area contributed by atoms with Crippen LogP contribution in [0.15, 0.2) is 24.3 Å². The summed E-state index contributed by atoms with van der Waals surface area (Å²) in [6.07, 6.45) is 2.75. The highest BCUT2D eigenvalue weighted by Crippen LogP contribution is 2.26. The van der Waals surface area contributed by atoms with Gasteiger partial charge in [-0.2, -0.15) is 0 Å². The van der Waals surface area contributed by atoms with Crippen LogP contribution in [0, 0.1) is 9.49 Å². The standard InChI is InChI=1S/C12H16IN/c1-9-5-6-12(9)14-8-10-3-2-4-11(13)7-10/h2-4,7,9,12,14H,5-6,8H2,1H3. The van der Waals surface area contributed by atoms with Crippen molar-refractivity contribution in [3.05, 3.63) is 33.4 Å². The molecule has 2 heteroatoms. The fourth-order valence-electron chi connectivity index (χ4n) is 1.87. The summed E-state index contributed by atoms with van der Waals surface area (Å²) in [6.45, 7) is 3.35. The second kappa shape index (κ2) is 4.62. The van der Waals surface area contributed by atoms with E-state index >= 15 is 0 Å². The summed E-state index contributed by atoms with van der Waals surface area (Å²) in [5, 5.41) is 3.61. The van der Waals surface area contributed by atoms with Gasteiger partial charge in [-0.3, -0.25) is 0 Å². The molecule has 14 heavy (non-hydrogen) atoms. The summed E-state index contributed by atoms with van der Waals surface area (Å²) in [5.74, 6) is 0.873. The second-order valence-electron chi connectivity index (χ2n) is 4.17. The molecule has 76 valence electrons. The van der Waals surface area contributed by atoms with Crippen molar-refractivity contribution in [3.63, 3.8) is 0 Å². The Morgan fingerprint density at radius 2 is 2.29 bits per heavy atom. The van der Waals surface area contributed by atoms with Gasteiger partial charge in [-0.25, -0.2) is 0 Å². The van der Waals surface area contributed by atoms with E-state index in [1.807, 2.05) is 0 Å². The van der Waals surface area contributed by atoms with Crippen molar-refractivity contribution in [1.82, 2.24) is 5.32 Å². The molecule has 1 aromatic carbocycles. The SMILES string of the molecule is CC1CCC1NCc1cccc(I)c1. The van der Waals surface area contributed by atoms with E-state index in [2.05, 4.69) is 59.1 Å². The summed E-state index contributed by atoms with van der Waals surface area (Å²) in [5.41, 5.74) is 1.40. The van der Waals surface area contributed by atoms with Crippen molar-refractivity contribution in [2.24, 2.45) is 5.92 Å². The van der Waals surface area contributed by atoms with Gasteiger partial charge in [0.15, 0.2) is 0 Å². The first-order chi connectivity index (χ1) is 6.75. The molecule has 0 aliphatic heterocycles. The van der Waals surface area contributed by atoms with Crippen LogP contribution in [0.2, 0.25) is 0 Å². The Hall–Kier alpha value is -0.0900. The monoisotopic (exact) mass is 301 g/mol. The van der Waals surface area contributed by atoms with Crippen LogP contribution in [0.1, 0.15) is 25.3 Å². The van der Waals surface area contributed by atoms with E-state index in [1.165, 1.54) is 22.0 Å². The number of rotatable bonds is 3. The molecule has 0 bridgehead atoms. The maximum Gasteiger partial charge on any atom is 0.0208 e. The molecule has 2 unspecified atom stereocenters. The first kappa shape index (κ1) is 10.4. The topological polar surface area (TPSA) is 12.0 Å². The van der Waals surface area contributed by atoms with Gasteiger partial charge in [-0.1, -0.05) is 19.1 Å². The maximum absolute atomic E-state index is 3.61. The maximum atomic E-state index is 3.61. The molecule has 1 nitrogen and oxygen atoms in total. The molecule has 1 saturated carbocycles. The Bertz CT molecular complexity index is 311. The van der Waals surface area contributed by atoms with E-state index < -0.39 is 0 Å². The van der Waals surface area contributed by atoms with Crippen LogP contribution in [0.4, 0.5) is 0 Å². The lowest BCUT2D eigenvalue weighted by molar-refractivity contribution is 0.228. The minimum absolute atomic E-state index is 0.757. The Morgan fingerprint density at radius 3 is 2.86 bits per heavy atom. The van der Waals surface area contributed by atoms with Crippen LogP contribution < -0.4 is 5.32 Å². The van der Waals surface area contributed by atoms with E-state index in [0.717, 1.165) is 18.5 Å². The molecule has 1 aliphatic carbocycles. The summed E-state index contributed by atoms with van der Waals surface area (Å²) in [4.78, 5) is 0. The van der Waals surface area contributed by atoms with Gasteiger partial charge < -0.3 is 5.32 Å². The Morgan fingerprint density at radius 1 is 1.43 bits per heavy atom. The molecule has 2 rings (SSSR count). The van der Waals surface area contributed by atoms with Gasteiger partial charge in [0, 0.05) is 16.2 Å². The number of benzene rings is 1. The van der Waals surface area contributed by atoms with E-state index in [1.54, 1.807) is 0 Å². The normalized spacial score (nSPS) is 25.9. The van der Waals surface area contributed by atoms with E-state index in [9.17, 15) is 0 Å². The van der Waals surface area contributed by atoms with Gasteiger partial charge in [0.25, 0.3) is 0 Å². The van der Waals surface area contributed by atoms with Crippen molar-refractivity contribution < 1.29 is 0 Å². The predicted molar refractivity (Wildman–Crippen MR) is 68.2 cm³/mol. The van der Waals surface area contributed by atoms with Crippen LogP contribution in [-0.4, -0.2) is 6.04 Å². The lowest BCUT2D eigenvalue weighted by atomic mass is 9.81. The zero-order chi connectivity index (χ0) is 9.97. The van der Waals surface area contributed by atoms with Crippen molar-refractivity contribution in [3.8, 4) is 0 Å². The first-order valence-electron chi connectivity index (χ1n) is 5.23. The van der Waals surface area contributed by atoms with Crippen LogP contribution in [0.3, 0.4) is 0 Å². The molecule has 1 N–H and O–H groups in total.